The predicted molar refractivity (Wildman–Crippen MR) is 57.2 cm³/mol. The van der Waals surface area contributed by atoms with Gasteiger partial charge in [0.15, 0.2) is 0 Å². The van der Waals surface area contributed by atoms with Crippen LogP contribution in [0.2, 0.25) is 0 Å². The number of amides is 1. The molecule has 3 N–H and O–H groups in total. The van der Waals surface area contributed by atoms with Gasteiger partial charge in [-0.1, -0.05) is 0 Å². The monoisotopic (exact) mass is 222 g/mol. The average Bonchev–Trinajstić information content (AvgIpc) is 2.89. The van der Waals surface area contributed by atoms with Gasteiger partial charge in [0.2, 0.25) is 0 Å². The molecule has 0 saturated carbocycles. The molecule has 3 heterocycles. The minimum atomic E-state index is -0.329. The summed E-state index contributed by atoms with van der Waals surface area (Å²) < 4.78 is 0. The number of fused-ring (bicyclic) bond motifs is 1. The summed E-state index contributed by atoms with van der Waals surface area (Å²) in [6, 6.07) is 0. The number of nitrogens with one attached hydrogen (secondary N) is 3. The maximum Gasteiger partial charge on any atom is 0.323 e. The number of hydrogen-bond acceptors (Lipinski definition) is 3. The normalized spacial score (nSPS) is 28.4. The third kappa shape index (κ3) is 1.46. The molecule has 0 radical (unpaired) electrons. The fourth-order valence-electron chi connectivity index (χ4n) is 2.64. The summed E-state index contributed by atoms with van der Waals surface area (Å²) in [7, 11) is 0. The van der Waals surface area contributed by atoms with Crippen molar-refractivity contribution >= 4 is 5.91 Å². The summed E-state index contributed by atoms with van der Waals surface area (Å²) in [6.07, 6.45) is 1.44. The van der Waals surface area contributed by atoms with Crippen molar-refractivity contribution < 1.29 is 4.79 Å². The maximum absolute atomic E-state index is 12.0. The zero-order valence-corrected chi connectivity index (χ0v) is 8.82. The largest absolute Gasteiger partial charge is 0.337 e. The summed E-state index contributed by atoms with van der Waals surface area (Å²) in [5, 5.41) is 3.33. The Morgan fingerprint density at radius 2 is 2.00 bits per heavy atom. The highest BCUT2D eigenvalue weighted by molar-refractivity contribution is 5.92. The second kappa shape index (κ2) is 3.48. The first-order chi connectivity index (χ1) is 7.74. The molecule has 2 aliphatic rings. The van der Waals surface area contributed by atoms with Crippen LogP contribution in [0.4, 0.5) is 0 Å². The standard InChI is InChI=1S/C10H14N4O2/c15-9(8-3-12-10(16)13-8)14-4-6-1-11-2-7(6)5-14/h3,6-7,11H,1-2,4-5H2,(H2,12,13,16)/t6-,7+. The molecule has 0 aromatic carbocycles. The van der Waals surface area contributed by atoms with Crippen LogP contribution in [0.25, 0.3) is 0 Å². The van der Waals surface area contributed by atoms with Crippen LogP contribution < -0.4 is 11.0 Å². The third-order valence-electron chi connectivity index (χ3n) is 3.50. The molecule has 1 amide bonds. The molecule has 1 aromatic heterocycles. The predicted octanol–water partition coefficient (Wildman–Crippen LogP) is -1.01. The topological polar surface area (TPSA) is 81.0 Å². The number of H-pyrrole nitrogens is 2. The van der Waals surface area contributed by atoms with Gasteiger partial charge in [-0.3, -0.25) is 4.79 Å². The SMILES string of the molecule is O=C(c1c[nH]c(=O)[nH]1)N1C[C@H]2CNC[C@H]2C1. The van der Waals surface area contributed by atoms with Gasteiger partial charge in [0.1, 0.15) is 5.69 Å². The van der Waals surface area contributed by atoms with Gasteiger partial charge < -0.3 is 20.2 Å². The molecule has 0 bridgehead atoms. The van der Waals surface area contributed by atoms with Crippen molar-refractivity contribution in [3.05, 3.63) is 22.4 Å². The van der Waals surface area contributed by atoms with E-state index in [1.54, 1.807) is 0 Å². The quantitative estimate of drug-likeness (QED) is 0.570. The molecule has 6 heteroatoms. The van der Waals surface area contributed by atoms with Crippen molar-refractivity contribution in [1.82, 2.24) is 20.2 Å². The van der Waals surface area contributed by atoms with Crippen LogP contribution in [-0.2, 0) is 0 Å². The second-order valence-corrected chi connectivity index (χ2v) is 4.55. The zero-order valence-electron chi connectivity index (χ0n) is 8.82. The van der Waals surface area contributed by atoms with Gasteiger partial charge in [0.05, 0.1) is 0 Å². The van der Waals surface area contributed by atoms with Crippen LogP contribution >= 0.6 is 0 Å². The van der Waals surface area contributed by atoms with Crippen molar-refractivity contribution in [2.45, 2.75) is 0 Å². The highest BCUT2D eigenvalue weighted by atomic mass is 16.2. The Kier molecular flexibility index (Phi) is 2.10. The first-order valence-corrected chi connectivity index (χ1v) is 5.52. The molecule has 2 fully saturated rings. The lowest BCUT2D eigenvalue weighted by atomic mass is 10.0. The van der Waals surface area contributed by atoms with Gasteiger partial charge in [-0.15, -0.1) is 0 Å². The van der Waals surface area contributed by atoms with Gasteiger partial charge in [0, 0.05) is 32.4 Å². The van der Waals surface area contributed by atoms with Gasteiger partial charge in [0.25, 0.3) is 5.91 Å². The first-order valence-electron chi connectivity index (χ1n) is 5.52. The lowest BCUT2D eigenvalue weighted by molar-refractivity contribution is 0.0776. The van der Waals surface area contributed by atoms with E-state index in [1.807, 2.05) is 4.90 Å². The molecule has 2 aliphatic heterocycles. The Labute approximate surface area is 92.0 Å². The second-order valence-electron chi connectivity index (χ2n) is 4.55. The molecule has 0 aliphatic carbocycles. The van der Waals surface area contributed by atoms with Gasteiger partial charge >= 0.3 is 5.69 Å². The molecular weight excluding hydrogens is 208 g/mol. The van der Waals surface area contributed by atoms with E-state index in [4.69, 9.17) is 0 Å². The van der Waals surface area contributed by atoms with E-state index in [-0.39, 0.29) is 11.6 Å². The fourth-order valence-corrected chi connectivity index (χ4v) is 2.64. The summed E-state index contributed by atoms with van der Waals surface area (Å²) in [6.45, 7) is 3.59. The molecule has 0 unspecified atom stereocenters. The number of aromatic nitrogens is 2. The fraction of sp³-hybridized carbons (Fsp3) is 0.600. The summed E-state index contributed by atoms with van der Waals surface area (Å²) in [4.78, 5) is 29.7. The van der Waals surface area contributed by atoms with Gasteiger partial charge in [-0.25, -0.2) is 4.79 Å². The number of nitrogens with zero attached hydrogens (tertiary/aromatic N) is 1. The van der Waals surface area contributed by atoms with Crippen LogP contribution in [0.3, 0.4) is 0 Å². The highest BCUT2D eigenvalue weighted by Gasteiger charge is 2.38. The van der Waals surface area contributed by atoms with Crippen molar-refractivity contribution in [2.24, 2.45) is 11.8 Å². The lowest BCUT2D eigenvalue weighted by Gasteiger charge is -2.15. The lowest BCUT2D eigenvalue weighted by Crippen LogP contribution is -2.32. The van der Waals surface area contributed by atoms with Crippen LogP contribution in [0.1, 0.15) is 10.5 Å². The molecule has 0 spiro atoms. The minimum Gasteiger partial charge on any atom is -0.337 e. The Hall–Kier alpha value is -1.56. The molecule has 1 aromatic rings. The summed E-state index contributed by atoms with van der Waals surface area (Å²) in [5.74, 6) is 1.08. The number of carbonyl (C=O) groups excluding carboxylic acids is 1. The number of likely N-dealkylation sites (tertiary alicyclic amines) is 1. The van der Waals surface area contributed by atoms with Gasteiger partial charge in [-0.2, -0.15) is 0 Å². The summed E-state index contributed by atoms with van der Waals surface area (Å²) in [5.41, 5.74) is 0.0299. The van der Waals surface area contributed by atoms with E-state index >= 15 is 0 Å². The molecule has 86 valence electrons. The Morgan fingerprint density at radius 1 is 1.31 bits per heavy atom. The number of carbonyl (C=O) groups is 1. The van der Waals surface area contributed by atoms with Crippen LogP contribution in [-0.4, -0.2) is 47.0 Å². The van der Waals surface area contributed by atoms with E-state index in [2.05, 4.69) is 15.3 Å². The maximum atomic E-state index is 12.0. The van der Waals surface area contributed by atoms with Crippen molar-refractivity contribution in [3.8, 4) is 0 Å². The smallest absolute Gasteiger partial charge is 0.323 e. The van der Waals surface area contributed by atoms with E-state index in [0.29, 0.717) is 17.5 Å². The van der Waals surface area contributed by atoms with Crippen molar-refractivity contribution in [1.29, 1.82) is 0 Å². The third-order valence-corrected chi connectivity index (χ3v) is 3.50. The molecule has 6 nitrogen and oxygen atoms in total. The molecule has 2 atom stereocenters. The van der Waals surface area contributed by atoms with Crippen molar-refractivity contribution in [3.63, 3.8) is 0 Å². The highest BCUT2D eigenvalue weighted by Crippen LogP contribution is 2.26. The Bertz CT molecular complexity index is 451. The summed E-state index contributed by atoms with van der Waals surface area (Å²) >= 11 is 0. The molecule has 16 heavy (non-hydrogen) atoms. The average molecular weight is 222 g/mol. The van der Waals surface area contributed by atoms with E-state index in [1.165, 1.54) is 6.20 Å². The Balaban J connectivity index is 1.75. The van der Waals surface area contributed by atoms with E-state index in [9.17, 15) is 9.59 Å². The van der Waals surface area contributed by atoms with Crippen LogP contribution in [0, 0.1) is 11.8 Å². The Morgan fingerprint density at radius 3 is 2.56 bits per heavy atom. The molecule has 3 rings (SSSR count). The van der Waals surface area contributed by atoms with Crippen molar-refractivity contribution in [2.75, 3.05) is 26.2 Å². The van der Waals surface area contributed by atoms with Gasteiger partial charge in [-0.05, 0) is 11.8 Å². The van der Waals surface area contributed by atoms with Crippen LogP contribution in [0.5, 0.6) is 0 Å². The number of rotatable bonds is 1. The molecule has 2 saturated heterocycles. The number of hydrogen-bond donors (Lipinski definition) is 3. The number of imidazole rings is 1. The minimum absolute atomic E-state index is 0.0762. The van der Waals surface area contributed by atoms with Crippen LogP contribution in [0.15, 0.2) is 11.0 Å². The zero-order chi connectivity index (χ0) is 11.1. The van der Waals surface area contributed by atoms with E-state index in [0.717, 1.165) is 26.2 Å². The number of aromatic amines is 2. The van der Waals surface area contributed by atoms with E-state index < -0.39 is 0 Å². The first kappa shape index (κ1) is 9.65. The molecular formula is C10H14N4O2.